The van der Waals surface area contributed by atoms with Gasteiger partial charge in [0.2, 0.25) is 5.91 Å². The molecule has 3 amide bonds. The van der Waals surface area contributed by atoms with Gasteiger partial charge in [-0.25, -0.2) is 4.79 Å². The lowest BCUT2D eigenvalue weighted by Gasteiger charge is -2.27. The molecule has 0 bridgehead atoms. The maximum atomic E-state index is 12.1. The zero-order valence-corrected chi connectivity index (χ0v) is 12.3. The van der Waals surface area contributed by atoms with Crippen LogP contribution in [0.15, 0.2) is 0 Å². The van der Waals surface area contributed by atoms with Gasteiger partial charge in [0.15, 0.2) is 0 Å². The maximum absolute atomic E-state index is 12.1. The predicted octanol–water partition coefficient (Wildman–Crippen LogP) is 0.502. The average molecular weight is 285 g/mol. The minimum atomic E-state index is -0.912. The van der Waals surface area contributed by atoms with Crippen molar-refractivity contribution in [2.24, 2.45) is 0 Å². The predicted molar refractivity (Wildman–Crippen MR) is 73.3 cm³/mol. The van der Waals surface area contributed by atoms with E-state index in [9.17, 15) is 14.4 Å². The fraction of sp³-hybridized carbons (Fsp3) is 0.769. The fourth-order valence-corrected chi connectivity index (χ4v) is 2.33. The first-order chi connectivity index (χ1) is 9.36. The average Bonchev–Trinajstić information content (AvgIpc) is 2.83. The first-order valence-corrected chi connectivity index (χ1v) is 6.90. The molecule has 0 aromatic heterocycles. The Kier molecular flexibility index (Phi) is 5.79. The molecular formula is C13H23N3O4. The molecule has 1 aliphatic rings. The van der Waals surface area contributed by atoms with Gasteiger partial charge in [0.25, 0.3) is 0 Å². The Bertz CT molecular complexity index is 386. The van der Waals surface area contributed by atoms with Crippen molar-refractivity contribution in [1.29, 1.82) is 0 Å². The van der Waals surface area contributed by atoms with Gasteiger partial charge in [0.05, 0.1) is 6.42 Å². The smallest absolute Gasteiger partial charge is 0.318 e. The monoisotopic (exact) mass is 285 g/mol. The Morgan fingerprint density at radius 3 is 2.65 bits per heavy atom. The van der Waals surface area contributed by atoms with Crippen LogP contribution in [0, 0.1) is 0 Å². The normalized spacial score (nSPS) is 19.6. The number of likely N-dealkylation sites (N-methyl/N-ethyl adjacent to an activating group) is 1. The minimum absolute atomic E-state index is 0.0510. The summed E-state index contributed by atoms with van der Waals surface area (Å²) >= 11 is 0. The fourth-order valence-electron chi connectivity index (χ4n) is 2.33. The lowest BCUT2D eigenvalue weighted by Crippen LogP contribution is -2.51. The Morgan fingerprint density at radius 2 is 2.10 bits per heavy atom. The molecule has 0 aromatic rings. The van der Waals surface area contributed by atoms with E-state index in [1.165, 1.54) is 9.80 Å². The molecule has 20 heavy (non-hydrogen) atoms. The lowest BCUT2D eigenvalue weighted by atomic mass is 10.1. The summed E-state index contributed by atoms with van der Waals surface area (Å²) in [4.78, 5) is 37.8. The highest BCUT2D eigenvalue weighted by Gasteiger charge is 2.31. The molecule has 0 aliphatic carbocycles. The van der Waals surface area contributed by atoms with Gasteiger partial charge < -0.3 is 20.2 Å². The molecule has 7 nitrogen and oxygen atoms in total. The van der Waals surface area contributed by atoms with Crippen LogP contribution in [0.25, 0.3) is 0 Å². The number of nitrogens with zero attached hydrogens (tertiary/aromatic N) is 2. The first-order valence-electron chi connectivity index (χ1n) is 6.90. The van der Waals surface area contributed by atoms with Gasteiger partial charge in [0, 0.05) is 26.2 Å². The van der Waals surface area contributed by atoms with Crippen LogP contribution in [-0.2, 0) is 9.59 Å². The SMILES string of the molecule is CCN(C)C(=O)C(C)NC(=O)N1CCCC1CC(=O)O. The zero-order chi connectivity index (χ0) is 15.3. The van der Waals surface area contributed by atoms with E-state index in [0.717, 1.165) is 6.42 Å². The van der Waals surface area contributed by atoms with Gasteiger partial charge in [-0.15, -0.1) is 0 Å². The van der Waals surface area contributed by atoms with Gasteiger partial charge in [0.1, 0.15) is 6.04 Å². The van der Waals surface area contributed by atoms with Crippen molar-refractivity contribution in [3.63, 3.8) is 0 Å². The Balaban J connectivity index is 2.57. The van der Waals surface area contributed by atoms with E-state index in [2.05, 4.69) is 5.32 Å². The number of carboxylic acids is 1. The summed E-state index contributed by atoms with van der Waals surface area (Å²) in [5.74, 6) is -1.07. The topological polar surface area (TPSA) is 90.0 Å². The molecule has 2 unspecified atom stereocenters. The van der Waals surface area contributed by atoms with Crippen LogP contribution in [0.5, 0.6) is 0 Å². The number of hydrogen-bond donors (Lipinski definition) is 2. The van der Waals surface area contributed by atoms with Crippen molar-refractivity contribution < 1.29 is 19.5 Å². The molecule has 1 aliphatic heterocycles. The summed E-state index contributed by atoms with van der Waals surface area (Å²) in [6, 6.07) is -1.25. The zero-order valence-electron chi connectivity index (χ0n) is 12.3. The highest BCUT2D eigenvalue weighted by Crippen LogP contribution is 2.20. The Hall–Kier alpha value is -1.79. The number of urea groups is 1. The molecule has 0 radical (unpaired) electrons. The number of carboxylic acid groups (broad SMARTS) is 1. The van der Waals surface area contributed by atoms with E-state index in [4.69, 9.17) is 5.11 Å². The van der Waals surface area contributed by atoms with Gasteiger partial charge in [-0.05, 0) is 26.7 Å². The maximum Gasteiger partial charge on any atom is 0.318 e. The molecule has 0 spiro atoms. The summed E-state index contributed by atoms with van der Waals surface area (Å²) in [5, 5.41) is 11.5. The van der Waals surface area contributed by atoms with Crippen molar-refractivity contribution in [2.75, 3.05) is 20.1 Å². The van der Waals surface area contributed by atoms with Gasteiger partial charge in [-0.2, -0.15) is 0 Å². The van der Waals surface area contributed by atoms with E-state index < -0.39 is 12.0 Å². The summed E-state index contributed by atoms with van der Waals surface area (Å²) in [5.41, 5.74) is 0. The largest absolute Gasteiger partial charge is 0.481 e. The molecule has 1 heterocycles. The van der Waals surface area contributed by atoms with E-state index in [1.807, 2.05) is 6.92 Å². The van der Waals surface area contributed by atoms with E-state index in [0.29, 0.717) is 19.5 Å². The van der Waals surface area contributed by atoms with Crippen molar-refractivity contribution in [3.05, 3.63) is 0 Å². The molecule has 7 heteroatoms. The van der Waals surface area contributed by atoms with Gasteiger partial charge in [-0.3, -0.25) is 9.59 Å². The van der Waals surface area contributed by atoms with Crippen LogP contribution in [0.1, 0.15) is 33.1 Å². The quantitative estimate of drug-likeness (QED) is 0.769. The van der Waals surface area contributed by atoms with Crippen LogP contribution < -0.4 is 5.32 Å². The van der Waals surface area contributed by atoms with Crippen molar-refractivity contribution in [2.45, 2.75) is 45.2 Å². The van der Waals surface area contributed by atoms with Crippen LogP contribution >= 0.6 is 0 Å². The third-order valence-corrected chi connectivity index (χ3v) is 3.61. The molecule has 114 valence electrons. The molecule has 1 saturated heterocycles. The Morgan fingerprint density at radius 1 is 1.45 bits per heavy atom. The van der Waals surface area contributed by atoms with Gasteiger partial charge in [-0.1, -0.05) is 0 Å². The Labute approximate surface area is 118 Å². The highest BCUT2D eigenvalue weighted by molar-refractivity contribution is 5.87. The number of hydrogen-bond acceptors (Lipinski definition) is 3. The number of nitrogens with one attached hydrogen (secondary N) is 1. The molecule has 1 fully saturated rings. The summed E-state index contributed by atoms with van der Waals surface area (Å²) < 4.78 is 0. The van der Waals surface area contributed by atoms with Crippen molar-refractivity contribution in [3.8, 4) is 0 Å². The summed E-state index contributed by atoms with van der Waals surface area (Å²) in [6.07, 6.45) is 1.43. The molecule has 0 saturated carbocycles. The van der Waals surface area contributed by atoms with Crippen LogP contribution in [0.3, 0.4) is 0 Å². The van der Waals surface area contributed by atoms with Crippen LogP contribution in [0.4, 0.5) is 4.79 Å². The molecule has 0 aromatic carbocycles. The van der Waals surface area contributed by atoms with E-state index in [1.54, 1.807) is 14.0 Å². The number of amides is 3. The molecular weight excluding hydrogens is 262 g/mol. The first kappa shape index (κ1) is 16.3. The van der Waals surface area contributed by atoms with Gasteiger partial charge >= 0.3 is 12.0 Å². The second-order valence-corrected chi connectivity index (χ2v) is 5.11. The molecule has 2 N–H and O–H groups in total. The third kappa shape index (κ3) is 4.11. The van der Waals surface area contributed by atoms with Crippen molar-refractivity contribution >= 4 is 17.9 Å². The molecule has 1 rings (SSSR count). The minimum Gasteiger partial charge on any atom is -0.481 e. The standard InChI is InChI=1S/C13H23N3O4/c1-4-15(3)12(19)9(2)14-13(20)16-7-5-6-10(16)8-11(17)18/h9-10H,4-8H2,1-3H3,(H,14,20)(H,17,18). The van der Waals surface area contributed by atoms with Crippen LogP contribution in [0.2, 0.25) is 0 Å². The summed E-state index contributed by atoms with van der Waals surface area (Å²) in [6.45, 7) is 4.60. The lowest BCUT2D eigenvalue weighted by molar-refractivity contribution is -0.138. The number of aliphatic carboxylic acids is 1. The summed E-state index contributed by atoms with van der Waals surface area (Å²) in [7, 11) is 1.67. The number of carbonyl (C=O) groups is 3. The van der Waals surface area contributed by atoms with E-state index in [-0.39, 0.29) is 24.4 Å². The number of carbonyl (C=O) groups excluding carboxylic acids is 2. The number of likely N-dealkylation sites (tertiary alicyclic amines) is 1. The molecule has 2 atom stereocenters. The van der Waals surface area contributed by atoms with E-state index >= 15 is 0 Å². The van der Waals surface area contributed by atoms with Crippen LogP contribution in [-0.4, -0.2) is 65.0 Å². The second kappa shape index (κ2) is 7.12. The van der Waals surface area contributed by atoms with Crippen molar-refractivity contribution in [1.82, 2.24) is 15.1 Å². The second-order valence-electron chi connectivity index (χ2n) is 5.11. The third-order valence-electron chi connectivity index (χ3n) is 3.61. The number of rotatable bonds is 5. The highest BCUT2D eigenvalue weighted by atomic mass is 16.4.